The molecule has 22 nitrogen and oxygen atoms in total. The highest BCUT2D eigenvalue weighted by Crippen LogP contribution is 2.36. The van der Waals surface area contributed by atoms with Gasteiger partial charge in [0.05, 0.1) is 39.7 Å². The van der Waals surface area contributed by atoms with E-state index < -0.39 is 17.5 Å². The number of esters is 2. The van der Waals surface area contributed by atoms with Crippen LogP contribution in [0.3, 0.4) is 0 Å². The number of aromatic nitrogens is 6. The summed E-state index contributed by atoms with van der Waals surface area (Å²) in [5.74, 6) is -0.584. The second-order valence-electron chi connectivity index (χ2n) is 29.1. The number of hydrogen-bond donors (Lipinski definition) is 8. The lowest BCUT2D eigenvalue weighted by molar-refractivity contribution is -0.156. The minimum atomic E-state index is -0.966. The minimum absolute atomic E-state index is 0. The Balaban J connectivity index is 0.000000208. The number of benzene rings is 9. The van der Waals surface area contributed by atoms with E-state index in [2.05, 4.69) is 26.6 Å². The maximum absolute atomic E-state index is 12.6. The molecular weight excluding hydrogens is 1650 g/mol. The molecule has 3 aromatic heterocycles. The second kappa shape index (κ2) is 43.3. The molecule has 9 N–H and O–H groups in total. The average Bonchev–Trinajstić information content (AvgIpc) is 1.66. The molecule has 0 aliphatic heterocycles. The topological polar surface area (TPSA) is 301 Å². The summed E-state index contributed by atoms with van der Waals surface area (Å²) < 4.78 is 15.7. The minimum Gasteiger partial charge on any atom is -0.481 e. The number of rotatable bonds is 26. The zero-order valence-electron chi connectivity index (χ0n) is 66.2. The molecule has 29 heteroatoms. The molecule has 12 rings (SSSR count). The van der Waals surface area contributed by atoms with Crippen molar-refractivity contribution < 1.29 is 48.5 Å². The Kier molecular flexibility index (Phi) is 33.9. The first kappa shape index (κ1) is 92.3. The van der Waals surface area contributed by atoms with Crippen molar-refractivity contribution in [3.63, 3.8) is 0 Å². The van der Waals surface area contributed by atoms with Crippen LogP contribution in [0.5, 0.6) is 0 Å². The average molecular weight is 1740 g/mol. The predicted octanol–water partition coefficient (Wildman–Crippen LogP) is 22.3. The Morgan fingerprint density at radius 1 is 0.381 bits per heavy atom. The van der Waals surface area contributed by atoms with Crippen LogP contribution in [0.2, 0.25) is 30.1 Å². The number of hydrogen-bond acceptors (Lipinski definition) is 15. The summed E-state index contributed by atoms with van der Waals surface area (Å²) in [4.78, 5) is 69.4. The summed E-state index contributed by atoms with van der Waals surface area (Å²) in [5.41, 5.74) is 18.4. The second-order valence-corrected chi connectivity index (χ2v) is 31.7. The van der Waals surface area contributed by atoms with Crippen molar-refractivity contribution in [1.29, 1.82) is 0 Å². The van der Waals surface area contributed by atoms with Gasteiger partial charge in [-0.25, -0.2) is 18.8 Å². The maximum Gasteiger partial charge on any atom is 0.335 e. The SMILES string of the molecule is CC(C)(C)OC(=O)CCCN.Cc1ccc(-n2nc(-c3cc(Cl)cc(Cl)c3)cc2Nc2ccc(C(=O)NCCCC(=O)O)cc2)cc1.Cc1ccc(-n2nc(-c3cc(Cl)cc(Cl)c3)cc2Nc2ccc(C(=O)NCCCC(=O)OC(C)(C)C)cc2)cc1.Cc1ccc(-n2nc(-c3cc(Cl)cc(Cl)c3)cc2Nc2ccc(C(=O)O)cc2)cc1.Cl. The smallest absolute Gasteiger partial charge is 0.335 e. The van der Waals surface area contributed by atoms with Crippen LogP contribution in [-0.2, 0) is 23.9 Å². The monoisotopic (exact) mass is 1730 g/mol. The highest BCUT2D eigenvalue weighted by atomic mass is 35.5. The van der Waals surface area contributed by atoms with E-state index >= 15 is 0 Å². The molecule has 0 fully saturated rings. The first-order chi connectivity index (χ1) is 55.6. The molecule has 0 unspecified atom stereocenters. The molecule has 616 valence electrons. The fraction of sp³-hybridized carbons (Fsp3) is 0.225. The predicted molar refractivity (Wildman–Crippen MR) is 475 cm³/mol. The van der Waals surface area contributed by atoms with Gasteiger partial charge in [-0.15, -0.1) is 12.4 Å². The van der Waals surface area contributed by atoms with Crippen molar-refractivity contribution in [3.05, 3.63) is 282 Å². The number of aliphatic carboxylic acids is 1. The lowest BCUT2D eigenvalue weighted by atomic mass is 10.1. The van der Waals surface area contributed by atoms with Crippen LogP contribution in [-0.4, -0.2) is 106 Å². The van der Waals surface area contributed by atoms with Gasteiger partial charge >= 0.3 is 23.9 Å². The number of nitrogens with one attached hydrogen (secondary N) is 5. The van der Waals surface area contributed by atoms with Crippen LogP contribution in [0.4, 0.5) is 34.5 Å². The fourth-order valence-corrected chi connectivity index (χ4v) is 12.8. The molecule has 118 heavy (non-hydrogen) atoms. The Morgan fingerprint density at radius 2 is 0.653 bits per heavy atom. The Morgan fingerprint density at radius 3 is 0.915 bits per heavy atom. The van der Waals surface area contributed by atoms with Gasteiger partial charge in [0.15, 0.2) is 0 Å². The van der Waals surface area contributed by atoms with Crippen LogP contribution < -0.4 is 32.3 Å². The molecule has 0 saturated carbocycles. The number of aromatic carboxylic acids is 1. The Labute approximate surface area is 721 Å². The van der Waals surface area contributed by atoms with Gasteiger partial charge in [0.25, 0.3) is 11.8 Å². The number of aryl methyl sites for hydroxylation is 3. The van der Waals surface area contributed by atoms with Crippen LogP contribution in [0.1, 0.15) is 128 Å². The summed E-state index contributed by atoms with van der Waals surface area (Å²) in [6.07, 6.45) is 2.27. The van der Waals surface area contributed by atoms with Gasteiger partial charge < -0.3 is 52.0 Å². The molecule has 2 amide bonds. The lowest BCUT2D eigenvalue weighted by Crippen LogP contribution is -2.27. The number of carbonyl (C=O) groups is 6. The van der Waals surface area contributed by atoms with Crippen LogP contribution in [0.15, 0.2) is 218 Å². The van der Waals surface area contributed by atoms with Crippen LogP contribution >= 0.6 is 82.0 Å². The zero-order chi connectivity index (χ0) is 84.7. The van der Waals surface area contributed by atoms with E-state index in [1.165, 1.54) is 0 Å². The largest absolute Gasteiger partial charge is 0.481 e. The molecule has 0 atom stereocenters. The van der Waals surface area contributed by atoms with E-state index in [0.717, 1.165) is 79.1 Å². The first-order valence-electron chi connectivity index (χ1n) is 37.3. The number of halogens is 7. The summed E-state index contributed by atoms with van der Waals surface area (Å²) in [7, 11) is 0. The number of ether oxygens (including phenoxy) is 2. The number of nitrogens with zero attached hydrogens (tertiary/aromatic N) is 6. The van der Waals surface area contributed by atoms with Gasteiger partial charge in [-0.3, -0.25) is 24.0 Å². The third kappa shape index (κ3) is 29.2. The van der Waals surface area contributed by atoms with E-state index in [-0.39, 0.29) is 60.2 Å². The fourth-order valence-electron chi connectivity index (χ4n) is 11.2. The maximum atomic E-state index is 12.6. The van der Waals surface area contributed by atoms with Gasteiger partial charge in [0, 0.05) is 126 Å². The summed E-state index contributed by atoms with van der Waals surface area (Å²) >= 11 is 37.2. The van der Waals surface area contributed by atoms with E-state index in [4.69, 9.17) is 110 Å². The van der Waals surface area contributed by atoms with E-state index in [1.54, 1.807) is 100 Å². The summed E-state index contributed by atoms with van der Waals surface area (Å²) in [5, 5.41) is 51.0. The van der Waals surface area contributed by atoms with Crippen molar-refractivity contribution in [3.8, 4) is 50.8 Å². The Hall–Kier alpha value is -11.2. The van der Waals surface area contributed by atoms with E-state index in [1.807, 2.05) is 194 Å². The van der Waals surface area contributed by atoms with Crippen molar-refractivity contribution in [2.45, 2.75) is 112 Å². The number of carboxylic acid groups (broad SMARTS) is 2. The lowest BCUT2D eigenvalue weighted by Gasteiger charge is -2.19. The molecule has 0 saturated heterocycles. The molecular formula is C89H91Cl7N12O10. The van der Waals surface area contributed by atoms with Gasteiger partial charge in [0.1, 0.15) is 28.7 Å². The number of amides is 2. The molecule has 12 aromatic rings. The summed E-state index contributed by atoms with van der Waals surface area (Å²) in [6.45, 7) is 18.4. The normalized spacial score (nSPS) is 10.9. The quantitative estimate of drug-likeness (QED) is 0.0185. The third-order valence-electron chi connectivity index (χ3n) is 16.8. The number of anilines is 6. The van der Waals surface area contributed by atoms with Gasteiger partial charge in [-0.2, -0.15) is 15.3 Å². The third-order valence-corrected chi connectivity index (χ3v) is 18.1. The summed E-state index contributed by atoms with van der Waals surface area (Å²) in [6, 6.07) is 66.4. The number of carboxylic acids is 2. The van der Waals surface area contributed by atoms with Gasteiger partial charge in [-0.05, 0) is 252 Å². The molecule has 0 bridgehead atoms. The molecule has 0 aliphatic carbocycles. The van der Waals surface area contributed by atoms with Gasteiger partial charge in [-0.1, -0.05) is 123 Å². The molecule has 9 aromatic carbocycles. The molecule has 0 spiro atoms. The van der Waals surface area contributed by atoms with Crippen LogP contribution in [0.25, 0.3) is 50.8 Å². The van der Waals surface area contributed by atoms with Crippen molar-refractivity contribution in [1.82, 2.24) is 40.0 Å². The van der Waals surface area contributed by atoms with Crippen molar-refractivity contribution in [2.24, 2.45) is 5.73 Å². The highest BCUT2D eigenvalue weighted by Gasteiger charge is 2.21. The molecule has 3 heterocycles. The zero-order valence-corrected chi connectivity index (χ0v) is 71.6. The van der Waals surface area contributed by atoms with Crippen molar-refractivity contribution >= 4 is 152 Å². The highest BCUT2D eigenvalue weighted by molar-refractivity contribution is 6.36. The van der Waals surface area contributed by atoms with E-state index in [0.29, 0.717) is 109 Å². The van der Waals surface area contributed by atoms with E-state index in [9.17, 15) is 28.8 Å². The number of carbonyl (C=O) groups excluding carboxylic acids is 4. The number of nitrogens with two attached hydrogens (primary N) is 1. The molecule has 0 radical (unpaired) electrons. The molecule has 0 aliphatic rings. The standard InChI is InChI=1S/C31H32Cl2N4O3.C27H24Cl2N4O3.C23H17Cl2N3O2.C8H17NO2.ClH/c1-20-7-13-26(14-8-20)37-28(19-27(36-37)22-16-23(32)18-24(33)17-22)35-25-11-9-21(10-12-25)30(39)34-15-5-6-29(38)40-31(2,3)4;1-17-4-10-23(11-5-17)33-25(16-24(32-33)19-13-20(28)15-21(29)14-19)31-22-8-6-18(7-9-22)27(36)30-12-2-3-26(34)35;1-14-2-8-20(9-3-14)28-22(26-19-6-4-15(5-7-19)23(29)30)13-21(27-28)16-10-17(24)12-18(25)11-16;1-8(2,3)11-7(10)5-4-6-9;/h7-14,16-19,35H,5-6,15H2,1-4H3,(H,34,39);4-11,13-16,31H,2-3,12H2,1H3,(H,30,36)(H,34,35);2-13,26H,1H3,(H,29,30);4-6,9H2,1-3H3;1H. The van der Waals surface area contributed by atoms with Crippen LogP contribution in [0, 0.1) is 20.8 Å². The van der Waals surface area contributed by atoms with Gasteiger partial charge in [0.2, 0.25) is 0 Å². The Bertz CT molecular complexity index is 5360. The van der Waals surface area contributed by atoms with Crippen molar-refractivity contribution in [2.75, 3.05) is 35.6 Å². The first-order valence-corrected chi connectivity index (χ1v) is 39.5.